The Morgan fingerprint density at radius 2 is 1.60 bits per heavy atom. The summed E-state index contributed by atoms with van der Waals surface area (Å²) >= 11 is 0. The van der Waals surface area contributed by atoms with Crippen molar-refractivity contribution >= 4 is 6.47 Å². The molecule has 0 spiro atoms. The van der Waals surface area contributed by atoms with Crippen molar-refractivity contribution in [2.45, 2.75) is 0 Å². The molecule has 33 valence electrons. The molecule has 0 fully saturated rings. The van der Waals surface area contributed by atoms with Gasteiger partial charge in [-0.05, 0) is 0 Å². The van der Waals surface area contributed by atoms with E-state index in [1.165, 1.54) is 0 Å². The van der Waals surface area contributed by atoms with Crippen molar-refractivity contribution in [3.8, 4) is 0 Å². The van der Waals surface area contributed by atoms with Crippen LogP contribution in [0.4, 0.5) is 0 Å². The van der Waals surface area contributed by atoms with Crippen LogP contribution in [0.25, 0.3) is 6.15 Å². The maximum absolute atomic E-state index is 8.36. The second kappa shape index (κ2) is 38.1. The number of carbonyl (C=O) groups is 1. The number of hydrogen-bond donors (Lipinski definition) is 1. The third-order valence-electron chi connectivity index (χ3n) is 0. The van der Waals surface area contributed by atoms with Crippen LogP contribution in [0.5, 0.6) is 0 Å². The summed E-state index contributed by atoms with van der Waals surface area (Å²) in [6.07, 6.45) is 0. The zero-order valence-corrected chi connectivity index (χ0v) is 3.57. The summed E-state index contributed by atoms with van der Waals surface area (Å²) in [4.78, 5) is 8.36. The monoisotopic (exact) mass is 117 g/mol. The molecule has 3 nitrogen and oxygen atoms in total. The Bertz CT molecular complexity index is 17.1. The molecule has 1 radical (unpaired) electrons. The Morgan fingerprint density at radius 1 is 1.60 bits per heavy atom. The van der Waals surface area contributed by atoms with Gasteiger partial charge >= 0.3 is 0 Å². The van der Waals surface area contributed by atoms with Gasteiger partial charge in [0.05, 0.1) is 0 Å². The van der Waals surface area contributed by atoms with Crippen molar-refractivity contribution in [3.05, 3.63) is 6.15 Å². The summed E-state index contributed by atoms with van der Waals surface area (Å²) in [6, 6.07) is 0. The van der Waals surface area contributed by atoms with E-state index in [9.17, 15) is 0 Å². The van der Waals surface area contributed by atoms with Crippen LogP contribution in [-0.2, 0) is 21.9 Å². The number of carboxylic acid groups (broad SMARTS) is 1. The maximum Gasteiger partial charge on any atom is 0.290 e. The van der Waals surface area contributed by atoms with Crippen LogP contribution >= 0.6 is 0 Å². The fourth-order valence-corrected chi connectivity index (χ4v) is 0. The number of hydrogen-bond acceptors (Lipinski definition) is 1. The molecule has 0 saturated carbocycles. The van der Waals surface area contributed by atoms with E-state index >= 15 is 0 Å². The van der Waals surface area contributed by atoms with E-state index in [4.69, 9.17) is 9.90 Å². The predicted molar refractivity (Wildman–Crippen MR) is 14.0 cm³/mol. The fraction of sp³-hybridized carbons (Fsp3) is 0. The average Bonchev–Trinajstić information content (AvgIpc) is 0.918. The van der Waals surface area contributed by atoms with E-state index in [1.807, 2.05) is 0 Å². The smallest absolute Gasteiger partial charge is 0.290 e. The molecule has 0 aromatic carbocycles. The summed E-state index contributed by atoms with van der Waals surface area (Å²) in [6.45, 7) is -0.250. The zero-order valence-electron chi connectivity index (χ0n) is 2.39. The van der Waals surface area contributed by atoms with Crippen molar-refractivity contribution in [1.82, 2.24) is 0 Å². The first-order chi connectivity index (χ1) is 1.41. The molecule has 0 aliphatic carbocycles. The van der Waals surface area contributed by atoms with E-state index in [1.54, 1.807) is 0 Å². The molecule has 0 saturated heterocycles. The van der Waals surface area contributed by atoms with Gasteiger partial charge in [0.15, 0.2) is 0 Å². The van der Waals surface area contributed by atoms with Crippen LogP contribution in [0.1, 0.15) is 0 Å². The molecule has 4 heteroatoms. The van der Waals surface area contributed by atoms with Gasteiger partial charge < -0.3 is 11.3 Å². The Kier molecular flexibility index (Phi) is 155. The summed E-state index contributed by atoms with van der Waals surface area (Å²) < 4.78 is 0. The zero-order chi connectivity index (χ0) is 2.71. The standard InChI is InChI=1S/CH2O2.Mn.H2N/c2-1-3;;/h1H,(H,2,3);;1H2/q;;-1. The maximum atomic E-state index is 8.36. The minimum Gasteiger partial charge on any atom is -0.693 e. The van der Waals surface area contributed by atoms with Crippen LogP contribution in [0.15, 0.2) is 0 Å². The molecule has 0 amide bonds. The topological polar surface area (TPSA) is 70.8 Å². The van der Waals surface area contributed by atoms with Crippen molar-refractivity contribution in [2.75, 3.05) is 0 Å². The van der Waals surface area contributed by atoms with Gasteiger partial charge in [-0.1, -0.05) is 0 Å². The predicted octanol–water partition coefficient (Wildman–Crippen LogP) is 0.415. The molecule has 0 aromatic rings. The molecular weight excluding hydrogens is 113 g/mol. The molecule has 0 rings (SSSR count). The second-order valence-electron chi connectivity index (χ2n) is 0.105. The molecule has 0 atom stereocenters. The summed E-state index contributed by atoms with van der Waals surface area (Å²) in [5.74, 6) is 0. The molecule has 0 aromatic heterocycles. The minimum absolute atomic E-state index is 0. The Morgan fingerprint density at radius 3 is 1.60 bits per heavy atom. The van der Waals surface area contributed by atoms with Gasteiger partial charge in [-0.2, -0.15) is 0 Å². The Labute approximate surface area is 40.4 Å². The number of rotatable bonds is 0. The molecule has 0 aliphatic rings. The molecule has 0 aliphatic heterocycles. The van der Waals surface area contributed by atoms with E-state index in [-0.39, 0.29) is 29.7 Å². The fourth-order valence-electron chi connectivity index (χ4n) is 0. The Hall–Kier alpha value is -0.0505. The van der Waals surface area contributed by atoms with Gasteiger partial charge in [0, 0.05) is 17.1 Å². The molecule has 0 heterocycles. The van der Waals surface area contributed by atoms with E-state index in [0.29, 0.717) is 0 Å². The quantitative estimate of drug-likeness (QED) is 0.368. The third kappa shape index (κ3) is 5880. The van der Waals surface area contributed by atoms with Crippen molar-refractivity contribution in [1.29, 1.82) is 0 Å². The van der Waals surface area contributed by atoms with Crippen LogP contribution < -0.4 is 0 Å². The van der Waals surface area contributed by atoms with Crippen LogP contribution in [0, 0.1) is 0 Å². The van der Waals surface area contributed by atoms with Crippen molar-refractivity contribution in [2.24, 2.45) is 0 Å². The molecule has 0 unspecified atom stereocenters. The normalized spacial score (nSPS) is 2.40. The minimum atomic E-state index is -0.250. The van der Waals surface area contributed by atoms with Gasteiger partial charge in [0.1, 0.15) is 0 Å². The van der Waals surface area contributed by atoms with Gasteiger partial charge in [0.2, 0.25) is 0 Å². The Balaban J connectivity index is -0.0000000200. The van der Waals surface area contributed by atoms with Crippen LogP contribution in [-0.4, -0.2) is 11.6 Å². The molecular formula is CH4MnNO2-. The largest absolute Gasteiger partial charge is 0.693 e. The van der Waals surface area contributed by atoms with Gasteiger partial charge in [-0.15, -0.1) is 0 Å². The summed E-state index contributed by atoms with van der Waals surface area (Å²) in [5.41, 5.74) is 0. The summed E-state index contributed by atoms with van der Waals surface area (Å²) in [7, 11) is 0. The second-order valence-corrected chi connectivity index (χ2v) is 0.105. The summed E-state index contributed by atoms with van der Waals surface area (Å²) in [5, 5.41) is 6.89. The van der Waals surface area contributed by atoms with E-state index in [2.05, 4.69) is 0 Å². The average molecular weight is 117 g/mol. The first-order valence-corrected chi connectivity index (χ1v) is 0.494. The van der Waals surface area contributed by atoms with Crippen LogP contribution in [0.3, 0.4) is 0 Å². The molecule has 3 N–H and O–H groups in total. The number of nitrogens with two attached hydrogens (primary N) is 1. The van der Waals surface area contributed by atoms with Crippen molar-refractivity contribution in [3.63, 3.8) is 0 Å². The molecule has 5 heavy (non-hydrogen) atoms. The molecule has 0 bridgehead atoms. The van der Waals surface area contributed by atoms with E-state index in [0.717, 1.165) is 0 Å². The van der Waals surface area contributed by atoms with Gasteiger partial charge in [0.25, 0.3) is 6.47 Å². The van der Waals surface area contributed by atoms with E-state index < -0.39 is 0 Å². The van der Waals surface area contributed by atoms with Gasteiger partial charge in [-0.3, -0.25) is 4.79 Å². The van der Waals surface area contributed by atoms with Crippen LogP contribution in [0.2, 0.25) is 0 Å². The first kappa shape index (κ1) is 20.3. The van der Waals surface area contributed by atoms with Gasteiger partial charge in [-0.25, -0.2) is 0 Å². The SMILES string of the molecule is O=CO.[Mn].[NH2-]. The van der Waals surface area contributed by atoms with Crippen molar-refractivity contribution < 1.29 is 27.0 Å². The first-order valence-electron chi connectivity index (χ1n) is 0.494. The third-order valence-corrected chi connectivity index (χ3v) is 0.